The average Bonchev–Trinajstić information content (AvgIpc) is 2.94. The van der Waals surface area contributed by atoms with Crippen molar-refractivity contribution in [1.29, 1.82) is 0 Å². The Kier molecular flexibility index (Phi) is 6.26. The van der Waals surface area contributed by atoms with Gasteiger partial charge >= 0.3 is 0 Å². The summed E-state index contributed by atoms with van der Waals surface area (Å²) < 4.78 is 26.6. The quantitative estimate of drug-likeness (QED) is 0.730. The number of piperazine rings is 1. The van der Waals surface area contributed by atoms with Gasteiger partial charge in [0.15, 0.2) is 0 Å². The second kappa shape index (κ2) is 7.73. The minimum Gasteiger partial charge on any atom is -0.314 e. The molecule has 118 valence electrons. The van der Waals surface area contributed by atoms with E-state index in [2.05, 4.69) is 14.9 Å². The zero-order valence-corrected chi connectivity index (χ0v) is 13.4. The van der Waals surface area contributed by atoms with Crippen LogP contribution < -0.4 is 10.0 Å². The van der Waals surface area contributed by atoms with Crippen molar-refractivity contribution in [3.63, 3.8) is 0 Å². The van der Waals surface area contributed by atoms with Crippen LogP contribution in [-0.4, -0.2) is 57.8 Å². The molecule has 1 atom stereocenters. The average molecular weight is 303 g/mol. The van der Waals surface area contributed by atoms with E-state index < -0.39 is 10.0 Å². The third-order valence-corrected chi connectivity index (χ3v) is 6.10. The summed E-state index contributed by atoms with van der Waals surface area (Å²) >= 11 is 0. The number of hydrogen-bond acceptors (Lipinski definition) is 4. The zero-order valence-electron chi connectivity index (χ0n) is 12.6. The van der Waals surface area contributed by atoms with E-state index in [-0.39, 0.29) is 5.75 Å². The van der Waals surface area contributed by atoms with Crippen molar-refractivity contribution in [2.24, 2.45) is 5.92 Å². The number of hydrogen-bond donors (Lipinski definition) is 2. The molecule has 1 saturated heterocycles. The summed E-state index contributed by atoms with van der Waals surface area (Å²) in [4.78, 5) is 2.49. The second-order valence-electron chi connectivity index (χ2n) is 6.07. The van der Waals surface area contributed by atoms with Crippen molar-refractivity contribution in [3.05, 3.63) is 0 Å². The molecule has 0 aromatic heterocycles. The molecular formula is C14H29N3O2S. The number of nitrogens with one attached hydrogen (secondary N) is 2. The molecule has 1 heterocycles. The lowest BCUT2D eigenvalue weighted by atomic mass is 9.96. The van der Waals surface area contributed by atoms with Gasteiger partial charge in [-0.3, -0.25) is 4.90 Å². The lowest BCUT2D eigenvalue weighted by molar-refractivity contribution is 0.127. The molecule has 2 rings (SSSR count). The molecule has 1 aliphatic heterocycles. The molecule has 0 amide bonds. The van der Waals surface area contributed by atoms with E-state index in [9.17, 15) is 8.42 Å². The molecule has 1 aliphatic carbocycles. The molecule has 0 aromatic rings. The van der Waals surface area contributed by atoms with Crippen molar-refractivity contribution in [2.75, 3.05) is 38.5 Å². The Morgan fingerprint density at radius 1 is 1.25 bits per heavy atom. The number of nitrogens with zero attached hydrogens (tertiary/aromatic N) is 1. The van der Waals surface area contributed by atoms with Crippen molar-refractivity contribution < 1.29 is 8.42 Å². The molecule has 0 aromatic carbocycles. The molecule has 2 aliphatic rings. The molecule has 1 unspecified atom stereocenters. The minimum absolute atomic E-state index is 0.242. The van der Waals surface area contributed by atoms with Gasteiger partial charge in [-0.2, -0.15) is 0 Å². The third-order valence-electron chi connectivity index (χ3n) is 4.55. The monoisotopic (exact) mass is 303 g/mol. The lowest BCUT2D eigenvalue weighted by Gasteiger charge is -2.38. The maximum atomic E-state index is 11.9. The van der Waals surface area contributed by atoms with Crippen molar-refractivity contribution in [2.45, 2.75) is 45.1 Å². The van der Waals surface area contributed by atoms with E-state index in [0.717, 1.165) is 26.2 Å². The Balaban J connectivity index is 1.95. The molecule has 5 nitrogen and oxygen atoms in total. The summed E-state index contributed by atoms with van der Waals surface area (Å²) in [6.07, 6.45) is 5.79. The fourth-order valence-electron chi connectivity index (χ4n) is 3.50. The molecule has 0 bridgehead atoms. The van der Waals surface area contributed by atoms with Gasteiger partial charge in [-0.05, 0) is 25.2 Å². The lowest BCUT2D eigenvalue weighted by Crippen LogP contribution is -2.54. The van der Waals surface area contributed by atoms with Crippen molar-refractivity contribution >= 4 is 10.0 Å². The summed E-state index contributed by atoms with van der Waals surface area (Å²) in [5, 5.41) is 3.37. The minimum atomic E-state index is -3.09. The summed E-state index contributed by atoms with van der Waals surface area (Å²) in [6.45, 7) is 6.61. The molecule has 6 heteroatoms. The van der Waals surface area contributed by atoms with Crippen LogP contribution in [0.15, 0.2) is 0 Å². The van der Waals surface area contributed by atoms with Gasteiger partial charge in [0.05, 0.1) is 5.75 Å². The van der Waals surface area contributed by atoms with Crippen molar-refractivity contribution in [1.82, 2.24) is 14.9 Å². The third kappa shape index (κ3) is 4.69. The predicted molar refractivity (Wildman–Crippen MR) is 82.3 cm³/mol. The summed E-state index contributed by atoms with van der Waals surface area (Å²) in [7, 11) is -3.09. The second-order valence-corrected chi connectivity index (χ2v) is 7.99. The van der Waals surface area contributed by atoms with Crippen LogP contribution in [0.25, 0.3) is 0 Å². The summed E-state index contributed by atoms with van der Waals surface area (Å²) in [5.74, 6) is 0.906. The van der Waals surface area contributed by atoms with E-state index in [1.165, 1.54) is 25.7 Å². The smallest absolute Gasteiger partial charge is 0.211 e. The van der Waals surface area contributed by atoms with Crippen LogP contribution in [0.5, 0.6) is 0 Å². The standard InChI is InChI=1S/C14H29N3O2S/c1-2-11-20(18,19)16-12-14(13-5-3-4-6-13)17-9-7-15-8-10-17/h13-16H,2-12H2,1H3. The highest BCUT2D eigenvalue weighted by Gasteiger charge is 2.31. The van der Waals surface area contributed by atoms with Crippen LogP contribution in [0.1, 0.15) is 39.0 Å². The first-order chi connectivity index (χ1) is 9.62. The molecule has 20 heavy (non-hydrogen) atoms. The SMILES string of the molecule is CCCS(=O)(=O)NCC(C1CCCC1)N1CCNCC1. The Hall–Kier alpha value is -0.170. The fraction of sp³-hybridized carbons (Fsp3) is 1.00. The highest BCUT2D eigenvalue weighted by atomic mass is 32.2. The van der Waals surface area contributed by atoms with E-state index in [4.69, 9.17) is 0 Å². The Morgan fingerprint density at radius 3 is 2.50 bits per heavy atom. The topological polar surface area (TPSA) is 61.4 Å². The summed E-state index contributed by atoms with van der Waals surface area (Å²) in [6, 6.07) is 0.381. The van der Waals surface area contributed by atoms with Gasteiger partial charge in [0.25, 0.3) is 0 Å². The molecule has 2 N–H and O–H groups in total. The highest BCUT2D eigenvalue weighted by Crippen LogP contribution is 2.30. The Morgan fingerprint density at radius 2 is 1.90 bits per heavy atom. The maximum Gasteiger partial charge on any atom is 0.211 e. The number of rotatable bonds is 7. The van der Waals surface area contributed by atoms with E-state index in [1.807, 2.05) is 6.92 Å². The van der Waals surface area contributed by atoms with E-state index >= 15 is 0 Å². The molecule has 0 spiro atoms. The molecule has 0 radical (unpaired) electrons. The van der Waals surface area contributed by atoms with Crippen LogP contribution in [0.4, 0.5) is 0 Å². The van der Waals surface area contributed by atoms with Crippen LogP contribution >= 0.6 is 0 Å². The molecule has 1 saturated carbocycles. The van der Waals surface area contributed by atoms with E-state index in [1.54, 1.807) is 0 Å². The van der Waals surface area contributed by atoms with Gasteiger partial charge in [0, 0.05) is 38.8 Å². The van der Waals surface area contributed by atoms with Gasteiger partial charge < -0.3 is 5.32 Å². The van der Waals surface area contributed by atoms with Crippen LogP contribution in [-0.2, 0) is 10.0 Å². The first kappa shape index (κ1) is 16.2. The van der Waals surface area contributed by atoms with Crippen LogP contribution in [0.3, 0.4) is 0 Å². The Bertz CT molecular complexity index is 374. The maximum absolute atomic E-state index is 11.9. The van der Waals surface area contributed by atoms with Gasteiger partial charge in [0.1, 0.15) is 0 Å². The van der Waals surface area contributed by atoms with Gasteiger partial charge in [-0.15, -0.1) is 0 Å². The van der Waals surface area contributed by atoms with Gasteiger partial charge in [0.2, 0.25) is 10.0 Å². The molecule has 2 fully saturated rings. The van der Waals surface area contributed by atoms with Crippen LogP contribution in [0.2, 0.25) is 0 Å². The predicted octanol–water partition coefficient (Wildman–Crippen LogP) is 0.780. The highest BCUT2D eigenvalue weighted by molar-refractivity contribution is 7.89. The zero-order chi connectivity index (χ0) is 14.4. The van der Waals surface area contributed by atoms with Gasteiger partial charge in [-0.1, -0.05) is 19.8 Å². The summed E-state index contributed by atoms with van der Waals surface area (Å²) in [5.41, 5.74) is 0. The fourth-order valence-corrected chi connectivity index (χ4v) is 4.61. The first-order valence-corrected chi connectivity index (χ1v) is 9.69. The molecular weight excluding hydrogens is 274 g/mol. The largest absolute Gasteiger partial charge is 0.314 e. The van der Waals surface area contributed by atoms with Crippen molar-refractivity contribution in [3.8, 4) is 0 Å². The normalized spacial score (nSPS) is 24.1. The Labute approximate surface area is 123 Å². The van der Waals surface area contributed by atoms with Gasteiger partial charge in [-0.25, -0.2) is 13.1 Å². The van der Waals surface area contributed by atoms with E-state index in [0.29, 0.717) is 24.9 Å². The van der Waals surface area contributed by atoms with Crippen LogP contribution in [0, 0.1) is 5.92 Å². The first-order valence-electron chi connectivity index (χ1n) is 8.04. The number of sulfonamides is 1.